The highest BCUT2D eigenvalue weighted by Gasteiger charge is 2.14. The Balaban J connectivity index is 1.97. The lowest BCUT2D eigenvalue weighted by Gasteiger charge is -2.13. The monoisotopic (exact) mass is 244 g/mol. The predicted octanol–water partition coefficient (Wildman–Crippen LogP) is 2.44. The van der Waals surface area contributed by atoms with Crippen LogP contribution in [0.5, 0.6) is 0 Å². The second kappa shape index (κ2) is 5.17. The molecule has 1 atom stereocenters. The summed E-state index contributed by atoms with van der Waals surface area (Å²) in [5, 5.41) is 8.23. The molecule has 1 aromatic rings. The van der Waals surface area contributed by atoms with Crippen LogP contribution in [0.25, 0.3) is 0 Å². The number of hydrogen-bond acceptors (Lipinski definition) is 2. The van der Waals surface area contributed by atoms with E-state index in [1.807, 2.05) is 18.2 Å². The largest absolute Gasteiger partial charge is 0.315 e. The zero-order chi connectivity index (χ0) is 10.7. The van der Waals surface area contributed by atoms with Crippen molar-refractivity contribution < 1.29 is 0 Å². The first kappa shape index (κ1) is 11.2. The molecule has 2 nitrogen and oxygen atoms in total. The van der Waals surface area contributed by atoms with Crippen molar-refractivity contribution in [1.82, 2.24) is 10.6 Å². The van der Waals surface area contributed by atoms with Gasteiger partial charge in [-0.05, 0) is 25.1 Å². The van der Waals surface area contributed by atoms with E-state index in [0.29, 0.717) is 6.04 Å². The summed E-state index contributed by atoms with van der Waals surface area (Å²) in [6.07, 6.45) is 1.17. The van der Waals surface area contributed by atoms with E-state index in [1.54, 1.807) is 0 Å². The molecule has 1 fully saturated rings. The second-order valence-corrected chi connectivity index (χ2v) is 4.59. The fourth-order valence-electron chi connectivity index (χ4n) is 1.78. The Morgan fingerprint density at radius 1 is 1.33 bits per heavy atom. The molecule has 1 saturated heterocycles. The van der Waals surface area contributed by atoms with E-state index in [0.717, 1.165) is 35.2 Å². The molecule has 82 valence electrons. The molecule has 0 aromatic heterocycles. The second-order valence-electron chi connectivity index (χ2n) is 3.77. The Hall–Kier alpha value is -0.280. The molecule has 1 heterocycles. The molecule has 1 aromatic carbocycles. The van der Waals surface area contributed by atoms with Crippen molar-refractivity contribution in [3.63, 3.8) is 0 Å². The first-order valence-corrected chi connectivity index (χ1v) is 5.90. The van der Waals surface area contributed by atoms with Crippen molar-refractivity contribution in [2.45, 2.75) is 19.0 Å². The van der Waals surface area contributed by atoms with Crippen LogP contribution in [0.3, 0.4) is 0 Å². The van der Waals surface area contributed by atoms with Crippen LogP contribution in [0.15, 0.2) is 18.2 Å². The van der Waals surface area contributed by atoms with E-state index >= 15 is 0 Å². The summed E-state index contributed by atoms with van der Waals surface area (Å²) in [6, 6.07) is 6.15. The van der Waals surface area contributed by atoms with Gasteiger partial charge < -0.3 is 10.6 Å². The zero-order valence-corrected chi connectivity index (χ0v) is 9.91. The van der Waals surface area contributed by atoms with E-state index in [1.165, 1.54) is 6.42 Å². The van der Waals surface area contributed by atoms with Gasteiger partial charge in [-0.15, -0.1) is 0 Å². The molecule has 0 spiro atoms. The van der Waals surface area contributed by atoms with Crippen molar-refractivity contribution in [2.24, 2.45) is 0 Å². The molecule has 4 heteroatoms. The third kappa shape index (κ3) is 2.85. The highest BCUT2D eigenvalue weighted by molar-refractivity contribution is 6.35. The van der Waals surface area contributed by atoms with Gasteiger partial charge >= 0.3 is 0 Å². The van der Waals surface area contributed by atoms with Gasteiger partial charge in [-0.1, -0.05) is 29.3 Å². The van der Waals surface area contributed by atoms with Crippen LogP contribution in [0.2, 0.25) is 10.0 Å². The summed E-state index contributed by atoms with van der Waals surface area (Å²) in [6.45, 7) is 2.86. The Morgan fingerprint density at radius 3 is 2.67 bits per heavy atom. The lowest BCUT2D eigenvalue weighted by molar-refractivity contribution is 0.547. The molecule has 2 N–H and O–H groups in total. The molecule has 15 heavy (non-hydrogen) atoms. The van der Waals surface area contributed by atoms with Gasteiger partial charge in [-0.25, -0.2) is 0 Å². The Kier molecular flexibility index (Phi) is 3.87. The summed E-state index contributed by atoms with van der Waals surface area (Å²) in [5.74, 6) is 0. The number of hydrogen-bond donors (Lipinski definition) is 2. The van der Waals surface area contributed by atoms with Gasteiger partial charge in [0.15, 0.2) is 0 Å². The van der Waals surface area contributed by atoms with Crippen molar-refractivity contribution >= 4 is 23.2 Å². The van der Waals surface area contributed by atoms with Gasteiger partial charge in [-0.2, -0.15) is 0 Å². The van der Waals surface area contributed by atoms with Gasteiger partial charge in [0.1, 0.15) is 0 Å². The number of rotatable bonds is 3. The predicted molar refractivity (Wildman–Crippen MR) is 64.6 cm³/mol. The van der Waals surface area contributed by atoms with Crippen LogP contribution in [0.4, 0.5) is 0 Å². The third-order valence-corrected chi connectivity index (χ3v) is 3.40. The first-order valence-electron chi connectivity index (χ1n) is 5.14. The van der Waals surface area contributed by atoms with Gasteiger partial charge in [0.25, 0.3) is 0 Å². The maximum atomic E-state index is 6.07. The van der Waals surface area contributed by atoms with Crippen LogP contribution in [0, 0.1) is 0 Å². The molecule has 0 saturated carbocycles. The summed E-state index contributed by atoms with van der Waals surface area (Å²) in [7, 11) is 0. The average molecular weight is 245 g/mol. The van der Waals surface area contributed by atoms with E-state index in [-0.39, 0.29) is 0 Å². The van der Waals surface area contributed by atoms with Crippen LogP contribution < -0.4 is 10.6 Å². The summed E-state index contributed by atoms with van der Waals surface area (Å²) in [5.41, 5.74) is 0.993. The van der Waals surface area contributed by atoms with Crippen LogP contribution >= 0.6 is 23.2 Å². The molecule has 0 unspecified atom stereocenters. The molecular weight excluding hydrogens is 231 g/mol. The molecular formula is C11H14Cl2N2. The van der Waals surface area contributed by atoms with Crippen LogP contribution in [-0.4, -0.2) is 19.1 Å². The smallest absolute Gasteiger partial charge is 0.0465 e. The number of nitrogens with one attached hydrogen (secondary N) is 2. The highest BCUT2D eigenvalue weighted by Crippen LogP contribution is 2.24. The van der Waals surface area contributed by atoms with Crippen molar-refractivity contribution in [3.8, 4) is 0 Å². The standard InChI is InChI=1S/C11H14Cl2N2/c12-10-2-1-3-11(13)9(10)7-15-8-4-5-14-6-8/h1-3,8,14-15H,4-7H2/t8-/m1/s1. The van der Waals surface area contributed by atoms with E-state index in [4.69, 9.17) is 23.2 Å². The lowest BCUT2D eigenvalue weighted by atomic mass is 10.2. The highest BCUT2D eigenvalue weighted by atomic mass is 35.5. The number of benzene rings is 1. The van der Waals surface area contributed by atoms with Gasteiger partial charge in [-0.3, -0.25) is 0 Å². The maximum absolute atomic E-state index is 6.07. The van der Waals surface area contributed by atoms with Crippen molar-refractivity contribution in [1.29, 1.82) is 0 Å². The minimum atomic E-state index is 0.539. The van der Waals surface area contributed by atoms with Crippen molar-refractivity contribution in [2.75, 3.05) is 13.1 Å². The third-order valence-electron chi connectivity index (χ3n) is 2.69. The summed E-state index contributed by atoms with van der Waals surface area (Å²) < 4.78 is 0. The molecule has 0 radical (unpaired) electrons. The Morgan fingerprint density at radius 2 is 2.07 bits per heavy atom. The molecule has 1 aliphatic heterocycles. The fraction of sp³-hybridized carbons (Fsp3) is 0.455. The molecule has 0 amide bonds. The molecule has 0 bridgehead atoms. The lowest BCUT2D eigenvalue weighted by Crippen LogP contribution is -2.30. The first-order chi connectivity index (χ1) is 7.27. The van der Waals surface area contributed by atoms with Crippen LogP contribution in [0.1, 0.15) is 12.0 Å². The minimum Gasteiger partial charge on any atom is -0.315 e. The van der Waals surface area contributed by atoms with E-state index in [2.05, 4.69) is 10.6 Å². The Labute approximate surface area is 100.0 Å². The normalized spacial score (nSPS) is 20.8. The van der Waals surface area contributed by atoms with Gasteiger partial charge in [0, 0.05) is 34.7 Å². The maximum Gasteiger partial charge on any atom is 0.0465 e. The number of halogens is 2. The molecule has 1 aliphatic rings. The average Bonchev–Trinajstić information content (AvgIpc) is 2.70. The van der Waals surface area contributed by atoms with E-state index in [9.17, 15) is 0 Å². The summed E-state index contributed by atoms with van der Waals surface area (Å²) in [4.78, 5) is 0. The summed E-state index contributed by atoms with van der Waals surface area (Å²) >= 11 is 12.1. The minimum absolute atomic E-state index is 0.539. The molecule has 2 rings (SSSR count). The zero-order valence-electron chi connectivity index (χ0n) is 8.39. The Bertz CT molecular complexity index is 315. The topological polar surface area (TPSA) is 24.1 Å². The fourth-order valence-corrected chi connectivity index (χ4v) is 2.31. The van der Waals surface area contributed by atoms with Gasteiger partial charge in [0.05, 0.1) is 0 Å². The van der Waals surface area contributed by atoms with E-state index < -0.39 is 0 Å². The molecule has 0 aliphatic carbocycles. The van der Waals surface area contributed by atoms with Gasteiger partial charge in [0.2, 0.25) is 0 Å². The van der Waals surface area contributed by atoms with Crippen LogP contribution in [-0.2, 0) is 6.54 Å². The quantitative estimate of drug-likeness (QED) is 0.854. The SMILES string of the molecule is Clc1cccc(Cl)c1CN[C@@H]1CCNC1. The van der Waals surface area contributed by atoms with Crippen molar-refractivity contribution in [3.05, 3.63) is 33.8 Å².